The number of anilines is 3. The minimum absolute atomic E-state index is 0.00411. The summed E-state index contributed by atoms with van der Waals surface area (Å²) >= 11 is 0. The lowest BCUT2D eigenvalue weighted by molar-refractivity contribution is 0.262. The van der Waals surface area contributed by atoms with Gasteiger partial charge >= 0.3 is 6.03 Å². The third kappa shape index (κ3) is 6.83. The van der Waals surface area contributed by atoms with Crippen LogP contribution in [-0.2, 0) is 0 Å². The monoisotopic (exact) mass is 465 g/mol. The number of nitrogens with zero attached hydrogens (tertiary/aromatic N) is 2. The highest BCUT2D eigenvalue weighted by atomic mass is 19.1. The molecule has 2 aromatic carbocycles. The molecule has 0 saturated heterocycles. The van der Waals surface area contributed by atoms with Crippen LogP contribution in [0.1, 0.15) is 32.0 Å². The third-order valence-corrected chi connectivity index (χ3v) is 4.42. The van der Waals surface area contributed by atoms with Gasteiger partial charge < -0.3 is 21.7 Å². The Bertz CT molecular complexity index is 1230. The standard InChI is InChI=1S/C24H25F2N7O/c1-24(2,3)30-13-19(21(27)20-8-9-29-22(28)33-20)14-10-16(26)12-18(11-14)32-23(34)31-17-6-4-15(25)5-7-17/h4-13,27,30H,1-3H3,(H2,28,29,33)(H2,31,32,34)/b19-13-,27-21?. The Labute approximate surface area is 195 Å². The molecule has 0 unspecified atom stereocenters. The molecule has 3 aromatic rings. The van der Waals surface area contributed by atoms with E-state index in [1.165, 1.54) is 48.7 Å². The van der Waals surface area contributed by atoms with E-state index >= 15 is 0 Å². The fourth-order valence-corrected chi connectivity index (χ4v) is 2.88. The van der Waals surface area contributed by atoms with E-state index in [1.807, 2.05) is 20.8 Å². The zero-order valence-electron chi connectivity index (χ0n) is 18.9. The lowest BCUT2D eigenvalue weighted by atomic mass is 9.98. The van der Waals surface area contributed by atoms with E-state index < -0.39 is 17.7 Å². The largest absolute Gasteiger partial charge is 0.386 e. The average Bonchev–Trinajstić information content (AvgIpc) is 2.74. The second-order valence-electron chi connectivity index (χ2n) is 8.44. The van der Waals surface area contributed by atoms with Crippen LogP contribution in [0, 0.1) is 17.0 Å². The van der Waals surface area contributed by atoms with Crippen LogP contribution < -0.4 is 21.7 Å². The number of amides is 2. The van der Waals surface area contributed by atoms with E-state index in [9.17, 15) is 13.6 Å². The van der Waals surface area contributed by atoms with Crippen LogP contribution in [0.4, 0.5) is 30.9 Å². The molecule has 0 aliphatic carbocycles. The van der Waals surface area contributed by atoms with Gasteiger partial charge in [0.25, 0.3) is 0 Å². The van der Waals surface area contributed by atoms with Gasteiger partial charge in [0, 0.05) is 34.9 Å². The van der Waals surface area contributed by atoms with Crippen molar-refractivity contribution in [2.24, 2.45) is 0 Å². The normalized spacial score (nSPS) is 11.6. The maximum Gasteiger partial charge on any atom is 0.323 e. The topological polar surface area (TPSA) is 129 Å². The maximum absolute atomic E-state index is 14.5. The van der Waals surface area contributed by atoms with E-state index in [0.717, 1.165) is 6.07 Å². The van der Waals surface area contributed by atoms with Crippen molar-refractivity contribution < 1.29 is 13.6 Å². The molecule has 8 nitrogen and oxygen atoms in total. The Balaban J connectivity index is 1.92. The van der Waals surface area contributed by atoms with Gasteiger partial charge in [0.05, 0.1) is 11.4 Å². The SMILES string of the molecule is CC(C)(C)N/C=C(\C(=N)c1ccnc(N)n1)c1cc(F)cc(NC(=O)Nc2ccc(F)cc2)c1. The van der Waals surface area contributed by atoms with Gasteiger partial charge in [-0.2, -0.15) is 0 Å². The van der Waals surface area contributed by atoms with Crippen LogP contribution in [0.3, 0.4) is 0 Å². The molecular formula is C24H25F2N7O. The number of hydrogen-bond acceptors (Lipinski definition) is 6. The lowest BCUT2D eigenvalue weighted by Gasteiger charge is -2.21. The highest BCUT2D eigenvalue weighted by molar-refractivity contribution is 6.29. The zero-order chi connectivity index (χ0) is 24.9. The van der Waals surface area contributed by atoms with Gasteiger partial charge in [-0.05, 0) is 74.9 Å². The van der Waals surface area contributed by atoms with Crippen molar-refractivity contribution in [1.82, 2.24) is 15.3 Å². The van der Waals surface area contributed by atoms with E-state index in [4.69, 9.17) is 11.1 Å². The fourth-order valence-electron chi connectivity index (χ4n) is 2.88. The first-order valence-corrected chi connectivity index (χ1v) is 10.3. The Morgan fingerprint density at radius 1 is 1.00 bits per heavy atom. The Morgan fingerprint density at radius 2 is 1.68 bits per heavy atom. The maximum atomic E-state index is 14.5. The molecule has 1 aromatic heterocycles. The summed E-state index contributed by atoms with van der Waals surface area (Å²) in [5.74, 6) is -1.05. The number of urea groups is 1. The summed E-state index contributed by atoms with van der Waals surface area (Å²) in [6.07, 6.45) is 3.02. The van der Waals surface area contributed by atoms with Crippen LogP contribution in [-0.4, -0.2) is 27.2 Å². The van der Waals surface area contributed by atoms with Gasteiger partial charge in [0.2, 0.25) is 5.95 Å². The molecule has 0 fully saturated rings. The summed E-state index contributed by atoms with van der Waals surface area (Å²) < 4.78 is 27.6. The number of halogens is 2. The van der Waals surface area contributed by atoms with Crippen LogP contribution >= 0.6 is 0 Å². The molecule has 0 aliphatic heterocycles. The van der Waals surface area contributed by atoms with Crippen molar-refractivity contribution in [2.45, 2.75) is 26.3 Å². The first-order valence-electron chi connectivity index (χ1n) is 10.3. The van der Waals surface area contributed by atoms with Crippen LogP contribution in [0.25, 0.3) is 5.57 Å². The number of aromatic nitrogens is 2. The van der Waals surface area contributed by atoms with Crippen LogP contribution in [0.2, 0.25) is 0 Å². The smallest absolute Gasteiger partial charge is 0.323 e. The van der Waals surface area contributed by atoms with E-state index in [2.05, 4.69) is 25.9 Å². The average molecular weight is 466 g/mol. The van der Waals surface area contributed by atoms with Crippen LogP contribution in [0.15, 0.2) is 60.9 Å². The van der Waals surface area contributed by atoms with Crippen molar-refractivity contribution in [2.75, 3.05) is 16.4 Å². The molecule has 176 valence electrons. The molecule has 2 amide bonds. The summed E-state index contributed by atoms with van der Waals surface area (Å²) in [6, 6.07) is 10.0. The predicted octanol–water partition coefficient (Wildman–Crippen LogP) is 4.78. The number of nitrogens with one attached hydrogen (secondary N) is 4. The molecule has 3 rings (SSSR count). The second-order valence-corrected chi connectivity index (χ2v) is 8.44. The molecule has 0 radical (unpaired) electrons. The van der Waals surface area contributed by atoms with Gasteiger partial charge in [-0.3, -0.25) is 5.41 Å². The highest BCUT2D eigenvalue weighted by Gasteiger charge is 2.17. The Hall–Kier alpha value is -4.34. The molecule has 1 heterocycles. The first-order chi connectivity index (χ1) is 16.0. The zero-order valence-corrected chi connectivity index (χ0v) is 18.9. The first kappa shape index (κ1) is 24.3. The number of carbonyl (C=O) groups excluding carboxylic acids is 1. The number of carbonyl (C=O) groups is 1. The number of benzene rings is 2. The Morgan fingerprint density at radius 3 is 2.32 bits per heavy atom. The number of nitrogens with two attached hydrogens (primary N) is 1. The molecule has 0 atom stereocenters. The van der Waals surface area contributed by atoms with Gasteiger partial charge in [0.15, 0.2) is 0 Å². The van der Waals surface area contributed by atoms with Crippen molar-refractivity contribution in [1.29, 1.82) is 5.41 Å². The van der Waals surface area contributed by atoms with Crippen molar-refractivity contribution in [3.05, 3.63) is 83.8 Å². The predicted molar refractivity (Wildman–Crippen MR) is 130 cm³/mol. The molecule has 0 saturated carbocycles. The highest BCUT2D eigenvalue weighted by Crippen LogP contribution is 2.24. The quantitative estimate of drug-likeness (QED) is 0.335. The van der Waals surface area contributed by atoms with Crippen LogP contribution in [0.5, 0.6) is 0 Å². The summed E-state index contributed by atoms with van der Waals surface area (Å²) in [5, 5.41) is 16.9. The molecule has 0 aliphatic rings. The number of hydrogen-bond donors (Lipinski definition) is 5. The molecule has 0 bridgehead atoms. The van der Waals surface area contributed by atoms with Gasteiger partial charge in [-0.25, -0.2) is 23.5 Å². The number of nitrogen functional groups attached to an aromatic ring is 1. The molecular weight excluding hydrogens is 440 g/mol. The Kier molecular flexibility index (Phi) is 7.20. The molecule has 0 spiro atoms. The molecule has 6 N–H and O–H groups in total. The summed E-state index contributed by atoms with van der Waals surface area (Å²) in [5.41, 5.74) is 6.75. The molecule has 34 heavy (non-hydrogen) atoms. The third-order valence-electron chi connectivity index (χ3n) is 4.42. The van der Waals surface area contributed by atoms with E-state index in [1.54, 1.807) is 6.20 Å². The van der Waals surface area contributed by atoms with Crippen molar-refractivity contribution in [3.63, 3.8) is 0 Å². The summed E-state index contributed by atoms with van der Waals surface area (Å²) in [4.78, 5) is 20.3. The van der Waals surface area contributed by atoms with Crippen molar-refractivity contribution in [3.8, 4) is 0 Å². The van der Waals surface area contributed by atoms with Gasteiger partial charge in [0.1, 0.15) is 11.6 Å². The van der Waals surface area contributed by atoms with E-state index in [0.29, 0.717) is 16.8 Å². The lowest BCUT2D eigenvalue weighted by Crippen LogP contribution is -2.32. The second kappa shape index (κ2) is 10.1. The van der Waals surface area contributed by atoms with Gasteiger partial charge in [-0.15, -0.1) is 0 Å². The minimum Gasteiger partial charge on any atom is -0.386 e. The minimum atomic E-state index is -0.639. The van der Waals surface area contributed by atoms with Crippen molar-refractivity contribution >= 4 is 34.6 Å². The number of allylic oxidation sites excluding steroid dienone is 1. The van der Waals surface area contributed by atoms with E-state index in [-0.39, 0.29) is 28.6 Å². The summed E-state index contributed by atoms with van der Waals surface area (Å²) in [7, 11) is 0. The molecule has 10 heteroatoms. The number of rotatable bonds is 6. The van der Waals surface area contributed by atoms with Gasteiger partial charge in [-0.1, -0.05) is 0 Å². The fraction of sp³-hybridized carbons (Fsp3) is 0.167. The summed E-state index contributed by atoms with van der Waals surface area (Å²) in [6.45, 7) is 5.81.